The van der Waals surface area contributed by atoms with Crippen LogP contribution in [0.15, 0.2) is 48.8 Å². The van der Waals surface area contributed by atoms with Crippen LogP contribution in [0.2, 0.25) is 0 Å². The standard InChI is InChI=1S/C10H10N2S/c13-11-9-3-5-10(6-4-9)12-7-1-2-8-12/h1-8,11,13H. The Bertz CT molecular complexity index is 364. The van der Waals surface area contributed by atoms with Gasteiger partial charge in [-0.1, -0.05) is 12.8 Å². The van der Waals surface area contributed by atoms with Gasteiger partial charge in [0.25, 0.3) is 0 Å². The van der Waals surface area contributed by atoms with E-state index in [1.165, 1.54) is 0 Å². The van der Waals surface area contributed by atoms with Crippen LogP contribution in [-0.2, 0) is 0 Å². The average Bonchev–Trinajstić information content (AvgIpc) is 2.71. The second-order valence-corrected chi connectivity index (χ2v) is 2.97. The van der Waals surface area contributed by atoms with Crippen LogP contribution >= 0.6 is 12.8 Å². The van der Waals surface area contributed by atoms with Crippen molar-refractivity contribution in [1.82, 2.24) is 4.57 Å². The molecule has 1 aromatic carbocycles. The van der Waals surface area contributed by atoms with Crippen LogP contribution in [0.3, 0.4) is 0 Å². The first-order valence-electron chi connectivity index (χ1n) is 4.03. The Labute approximate surface area is 82.7 Å². The van der Waals surface area contributed by atoms with Crippen LogP contribution in [0.1, 0.15) is 0 Å². The van der Waals surface area contributed by atoms with Gasteiger partial charge in [-0.25, -0.2) is 0 Å². The fourth-order valence-electron chi connectivity index (χ4n) is 1.21. The molecule has 1 heterocycles. The highest BCUT2D eigenvalue weighted by atomic mass is 32.1. The van der Waals surface area contributed by atoms with Gasteiger partial charge in [0.2, 0.25) is 0 Å². The third-order valence-electron chi connectivity index (χ3n) is 1.90. The van der Waals surface area contributed by atoms with E-state index < -0.39 is 0 Å². The van der Waals surface area contributed by atoms with Gasteiger partial charge in [0.05, 0.1) is 0 Å². The quantitative estimate of drug-likeness (QED) is 0.696. The van der Waals surface area contributed by atoms with Crippen LogP contribution in [0.25, 0.3) is 5.69 Å². The molecule has 0 fully saturated rings. The topological polar surface area (TPSA) is 17.0 Å². The molecular weight excluding hydrogens is 180 g/mol. The van der Waals surface area contributed by atoms with Crippen LogP contribution in [0.4, 0.5) is 5.69 Å². The number of thiol groups is 1. The van der Waals surface area contributed by atoms with E-state index in [1.54, 1.807) is 0 Å². The molecule has 0 amide bonds. The van der Waals surface area contributed by atoms with Crippen LogP contribution < -0.4 is 4.72 Å². The van der Waals surface area contributed by atoms with Gasteiger partial charge in [0, 0.05) is 23.8 Å². The number of aromatic nitrogens is 1. The van der Waals surface area contributed by atoms with Gasteiger partial charge in [-0.15, -0.1) is 0 Å². The highest BCUT2D eigenvalue weighted by Crippen LogP contribution is 2.13. The average molecular weight is 190 g/mol. The molecule has 0 spiro atoms. The largest absolute Gasteiger partial charge is 0.332 e. The van der Waals surface area contributed by atoms with E-state index in [0.717, 1.165) is 11.4 Å². The summed E-state index contributed by atoms with van der Waals surface area (Å²) in [4.78, 5) is 0. The molecule has 2 rings (SSSR count). The van der Waals surface area contributed by atoms with Gasteiger partial charge in [0.15, 0.2) is 0 Å². The molecule has 1 aromatic heterocycles. The van der Waals surface area contributed by atoms with Gasteiger partial charge in [-0.2, -0.15) is 0 Å². The Balaban J connectivity index is 2.33. The summed E-state index contributed by atoms with van der Waals surface area (Å²) in [5, 5.41) is 0. The minimum absolute atomic E-state index is 0.999. The SMILES string of the molecule is SNc1ccc(-n2cccc2)cc1. The smallest absolute Gasteiger partial charge is 0.0450 e. The number of hydrogen-bond acceptors (Lipinski definition) is 2. The minimum Gasteiger partial charge on any atom is -0.332 e. The summed E-state index contributed by atoms with van der Waals surface area (Å²) in [6, 6.07) is 12.1. The van der Waals surface area contributed by atoms with E-state index in [0.29, 0.717) is 0 Å². The molecule has 1 N–H and O–H groups in total. The second kappa shape index (κ2) is 3.58. The zero-order valence-electron chi connectivity index (χ0n) is 7.01. The maximum Gasteiger partial charge on any atom is 0.0450 e. The van der Waals surface area contributed by atoms with Crippen molar-refractivity contribution in [2.75, 3.05) is 4.72 Å². The molecule has 66 valence electrons. The van der Waals surface area contributed by atoms with Crippen molar-refractivity contribution in [2.45, 2.75) is 0 Å². The van der Waals surface area contributed by atoms with Crippen LogP contribution in [0, 0.1) is 0 Å². The molecule has 0 radical (unpaired) electrons. The normalized spacial score (nSPS) is 9.92. The summed E-state index contributed by atoms with van der Waals surface area (Å²) in [6.07, 6.45) is 4.03. The summed E-state index contributed by atoms with van der Waals surface area (Å²) >= 11 is 3.96. The van der Waals surface area contributed by atoms with Gasteiger partial charge in [-0.05, 0) is 36.4 Å². The number of benzene rings is 1. The minimum atomic E-state index is 0.999. The predicted octanol–water partition coefficient (Wildman–Crippen LogP) is 2.73. The van der Waals surface area contributed by atoms with E-state index in [2.05, 4.69) is 22.1 Å². The Morgan fingerprint density at radius 1 is 1.00 bits per heavy atom. The Morgan fingerprint density at radius 3 is 2.15 bits per heavy atom. The van der Waals surface area contributed by atoms with Crippen LogP contribution in [-0.4, -0.2) is 4.57 Å². The summed E-state index contributed by atoms with van der Waals surface area (Å²) < 4.78 is 4.84. The summed E-state index contributed by atoms with van der Waals surface area (Å²) in [7, 11) is 0. The first-order chi connectivity index (χ1) is 6.40. The third-order valence-corrected chi connectivity index (χ3v) is 2.16. The van der Waals surface area contributed by atoms with E-state index in [4.69, 9.17) is 0 Å². The molecule has 2 nitrogen and oxygen atoms in total. The molecule has 0 saturated heterocycles. The van der Waals surface area contributed by atoms with Crippen molar-refractivity contribution in [3.8, 4) is 5.69 Å². The molecular formula is C10H10N2S. The van der Waals surface area contributed by atoms with Crippen molar-refractivity contribution >= 4 is 18.5 Å². The molecule has 0 bridgehead atoms. The van der Waals surface area contributed by atoms with Gasteiger partial charge >= 0.3 is 0 Å². The van der Waals surface area contributed by atoms with E-state index in [-0.39, 0.29) is 0 Å². The lowest BCUT2D eigenvalue weighted by Crippen LogP contribution is -1.89. The molecule has 0 atom stereocenters. The highest BCUT2D eigenvalue weighted by Gasteiger charge is 1.93. The molecule has 3 heteroatoms. The summed E-state index contributed by atoms with van der Waals surface area (Å²) in [5.41, 5.74) is 2.15. The molecule has 0 aliphatic carbocycles. The number of rotatable bonds is 2. The zero-order chi connectivity index (χ0) is 9.10. The number of nitrogens with one attached hydrogen (secondary N) is 1. The molecule has 0 aliphatic rings. The monoisotopic (exact) mass is 190 g/mol. The number of hydrogen-bond donors (Lipinski definition) is 2. The van der Waals surface area contributed by atoms with E-state index in [1.807, 2.05) is 48.8 Å². The Hall–Kier alpha value is -1.35. The maximum absolute atomic E-state index is 3.96. The first-order valence-corrected chi connectivity index (χ1v) is 4.48. The lowest BCUT2D eigenvalue weighted by atomic mass is 10.3. The molecule has 2 aromatic rings. The summed E-state index contributed by atoms with van der Waals surface area (Å²) in [6.45, 7) is 0. The van der Waals surface area contributed by atoms with Crippen molar-refractivity contribution in [3.05, 3.63) is 48.8 Å². The van der Waals surface area contributed by atoms with E-state index >= 15 is 0 Å². The fourth-order valence-corrected chi connectivity index (χ4v) is 1.36. The molecule has 0 unspecified atom stereocenters. The summed E-state index contributed by atoms with van der Waals surface area (Å²) in [5.74, 6) is 0. The first kappa shape index (κ1) is 8.26. The van der Waals surface area contributed by atoms with Crippen molar-refractivity contribution < 1.29 is 0 Å². The third kappa shape index (κ3) is 1.70. The maximum atomic E-state index is 3.96. The Morgan fingerprint density at radius 2 is 1.62 bits per heavy atom. The fraction of sp³-hybridized carbons (Fsp3) is 0. The Kier molecular flexibility index (Phi) is 2.27. The number of nitrogens with zero attached hydrogens (tertiary/aromatic N) is 1. The van der Waals surface area contributed by atoms with Crippen molar-refractivity contribution in [1.29, 1.82) is 0 Å². The molecule has 0 aliphatic heterocycles. The van der Waals surface area contributed by atoms with Gasteiger partial charge < -0.3 is 9.29 Å². The van der Waals surface area contributed by atoms with Crippen molar-refractivity contribution in [2.24, 2.45) is 0 Å². The van der Waals surface area contributed by atoms with Crippen LogP contribution in [0.5, 0.6) is 0 Å². The van der Waals surface area contributed by atoms with Gasteiger partial charge in [0.1, 0.15) is 0 Å². The van der Waals surface area contributed by atoms with Gasteiger partial charge in [-0.3, -0.25) is 0 Å². The molecule has 13 heavy (non-hydrogen) atoms. The second-order valence-electron chi connectivity index (χ2n) is 2.75. The predicted molar refractivity (Wildman–Crippen MR) is 58.4 cm³/mol. The van der Waals surface area contributed by atoms with Crippen molar-refractivity contribution in [3.63, 3.8) is 0 Å². The zero-order valence-corrected chi connectivity index (χ0v) is 7.91. The lowest BCUT2D eigenvalue weighted by Gasteiger charge is -2.03. The highest BCUT2D eigenvalue weighted by molar-refractivity contribution is 7.81. The molecule has 0 saturated carbocycles. The number of anilines is 1. The lowest BCUT2D eigenvalue weighted by molar-refractivity contribution is 1.08. The van der Waals surface area contributed by atoms with E-state index in [9.17, 15) is 0 Å².